The fraction of sp³-hybridized carbons (Fsp3) is 0.400. The number of aromatic nitrogens is 1. The fourth-order valence-electron chi connectivity index (χ4n) is 1.35. The number of rotatable bonds is 4. The van der Waals surface area contributed by atoms with Gasteiger partial charge in [0, 0.05) is 6.72 Å². The van der Waals surface area contributed by atoms with Gasteiger partial charge in [-0.3, -0.25) is 4.99 Å². The maximum Gasteiger partial charge on any atom is 0.433 e. The van der Waals surface area contributed by atoms with Gasteiger partial charge in [-0.1, -0.05) is 15.9 Å². The SMILES string of the molecule is C=Nn1c(C(F)(F)F)ccc(OCC(F)(F)F)c1=NCBr. The van der Waals surface area contributed by atoms with Gasteiger partial charge in [0.25, 0.3) is 0 Å². The molecule has 0 atom stereocenters. The Hall–Kier alpha value is -1.52. The predicted octanol–water partition coefficient (Wildman–Crippen LogP) is 3.16. The predicted molar refractivity (Wildman–Crippen MR) is 65.3 cm³/mol. The van der Waals surface area contributed by atoms with E-state index < -0.39 is 35.9 Å². The summed E-state index contributed by atoms with van der Waals surface area (Å²) >= 11 is 2.85. The normalized spacial score (nSPS) is 13.4. The Labute approximate surface area is 122 Å². The average Bonchev–Trinajstić information content (AvgIpc) is 2.34. The summed E-state index contributed by atoms with van der Waals surface area (Å²) in [5, 5.41) is 3.13. The monoisotopic (exact) mass is 379 g/mol. The van der Waals surface area contributed by atoms with Crippen LogP contribution in [0.4, 0.5) is 26.3 Å². The first-order chi connectivity index (χ1) is 9.60. The number of alkyl halides is 7. The largest absolute Gasteiger partial charge is 0.480 e. The molecule has 0 aromatic carbocycles. The molecule has 0 radical (unpaired) electrons. The third-order valence-electron chi connectivity index (χ3n) is 2.07. The molecule has 0 bridgehead atoms. The Bertz CT molecular complexity index is 578. The van der Waals surface area contributed by atoms with Crippen LogP contribution in [-0.4, -0.2) is 29.6 Å². The Kier molecular flexibility index (Phi) is 5.42. The number of halogens is 7. The lowest BCUT2D eigenvalue weighted by molar-refractivity contribution is -0.154. The van der Waals surface area contributed by atoms with Crippen molar-refractivity contribution in [3.05, 3.63) is 23.3 Å². The van der Waals surface area contributed by atoms with Gasteiger partial charge in [-0.25, -0.2) is 4.68 Å². The molecule has 21 heavy (non-hydrogen) atoms. The van der Waals surface area contributed by atoms with Crippen LogP contribution in [0, 0.1) is 0 Å². The topological polar surface area (TPSA) is 38.9 Å². The summed E-state index contributed by atoms with van der Waals surface area (Å²) in [5.74, 6) is -0.493. The van der Waals surface area contributed by atoms with Crippen molar-refractivity contribution in [1.82, 2.24) is 4.68 Å². The standard InChI is InChI=1S/C10H8BrF6N3O/c1-18-20-7(10(15,16)17)3-2-6(8(20)19-5-11)21-4-9(12,13)14/h2-3H,1,4-5H2. The molecule has 0 saturated heterocycles. The molecule has 0 aliphatic carbocycles. The van der Waals surface area contributed by atoms with E-state index >= 15 is 0 Å². The molecule has 0 spiro atoms. The Morgan fingerprint density at radius 1 is 1.19 bits per heavy atom. The van der Waals surface area contributed by atoms with Crippen molar-refractivity contribution < 1.29 is 31.1 Å². The van der Waals surface area contributed by atoms with Gasteiger partial charge in [-0.05, 0) is 12.1 Å². The number of pyridine rings is 1. The van der Waals surface area contributed by atoms with Crippen LogP contribution in [-0.2, 0) is 6.18 Å². The van der Waals surface area contributed by atoms with Crippen LogP contribution in [0.1, 0.15) is 5.69 Å². The van der Waals surface area contributed by atoms with Crippen LogP contribution in [0.25, 0.3) is 0 Å². The van der Waals surface area contributed by atoms with E-state index in [9.17, 15) is 26.3 Å². The minimum atomic E-state index is -4.78. The molecule has 4 nitrogen and oxygen atoms in total. The summed E-state index contributed by atoms with van der Waals surface area (Å²) in [7, 11) is 0. The highest BCUT2D eigenvalue weighted by atomic mass is 79.9. The third kappa shape index (κ3) is 4.76. The second-order valence-electron chi connectivity index (χ2n) is 3.54. The van der Waals surface area contributed by atoms with Crippen LogP contribution in [0.5, 0.6) is 5.75 Å². The first-order valence-corrected chi connectivity index (χ1v) is 6.28. The van der Waals surface area contributed by atoms with Gasteiger partial charge in [-0.2, -0.15) is 31.4 Å². The summed E-state index contributed by atoms with van der Waals surface area (Å²) in [4.78, 5) is 3.61. The maximum absolute atomic E-state index is 12.8. The number of ether oxygens (including phenoxy) is 1. The molecule has 1 aromatic rings. The van der Waals surface area contributed by atoms with E-state index in [1.165, 1.54) is 0 Å². The van der Waals surface area contributed by atoms with E-state index in [1.54, 1.807) is 0 Å². The quantitative estimate of drug-likeness (QED) is 0.342. The lowest BCUT2D eigenvalue weighted by Gasteiger charge is -2.15. The number of hydrogen-bond donors (Lipinski definition) is 0. The highest BCUT2D eigenvalue weighted by molar-refractivity contribution is 9.09. The van der Waals surface area contributed by atoms with Gasteiger partial charge in [-0.15, -0.1) is 0 Å². The minimum Gasteiger partial charge on any atom is -0.480 e. The highest BCUT2D eigenvalue weighted by Gasteiger charge is 2.35. The fourth-order valence-corrected chi connectivity index (χ4v) is 1.59. The van der Waals surface area contributed by atoms with Crippen molar-refractivity contribution in [2.75, 3.05) is 12.1 Å². The zero-order valence-electron chi connectivity index (χ0n) is 10.2. The molecule has 1 aromatic heterocycles. The minimum absolute atomic E-state index is 0.161. The smallest absolute Gasteiger partial charge is 0.433 e. The molecule has 1 heterocycles. The molecule has 11 heteroatoms. The lowest BCUT2D eigenvalue weighted by Crippen LogP contribution is -2.29. The van der Waals surface area contributed by atoms with Gasteiger partial charge in [0.1, 0.15) is 5.69 Å². The Morgan fingerprint density at radius 3 is 2.24 bits per heavy atom. The second kappa shape index (κ2) is 6.50. The molecule has 0 amide bonds. The van der Waals surface area contributed by atoms with Crippen molar-refractivity contribution in [2.24, 2.45) is 10.1 Å². The first kappa shape index (κ1) is 17.5. The van der Waals surface area contributed by atoms with Gasteiger partial charge in [0.2, 0.25) is 0 Å². The molecular weight excluding hydrogens is 372 g/mol. The van der Waals surface area contributed by atoms with E-state index in [0.717, 1.165) is 6.07 Å². The zero-order chi connectivity index (χ0) is 16.3. The lowest BCUT2D eigenvalue weighted by atomic mass is 10.3. The van der Waals surface area contributed by atoms with Gasteiger partial charge >= 0.3 is 12.4 Å². The van der Waals surface area contributed by atoms with Crippen LogP contribution in [0.15, 0.2) is 22.2 Å². The van der Waals surface area contributed by atoms with Crippen LogP contribution < -0.4 is 10.2 Å². The highest BCUT2D eigenvalue weighted by Crippen LogP contribution is 2.29. The van der Waals surface area contributed by atoms with Crippen molar-refractivity contribution in [2.45, 2.75) is 12.4 Å². The molecule has 0 saturated carbocycles. The second-order valence-corrected chi connectivity index (χ2v) is 4.04. The Morgan fingerprint density at radius 2 is 1.81 bits per heavy atom. The van der Waals surface area contributed by atoms with E-state index in [4.69, 9.17) is 0 Å². The molecule has 0 aliphatic rings. The third-order valence-corrected chi connectivity index (χ3v) is 2.33. The molecule has 0 fully saturated rings. The number of nitrogens with zero attached hydrogens (tertiary/aromatic N) is 3. The van der Waals surface area contributed by atoms with Gasteiger partial charge in [0.05, 0.1) is 5.45 Å². The number of hydrogen-bond acceptors (Lipinski definition) is 3. The molecule has 1 rings (SSSR count). The van der Waals surface area contributed by atoms with Crippen molar-refractivity contribution >= 4 is 22.6 Å². The molecular formula is C10H8BrF6N3O. The van der Waals surface area contributed by atoms with Gasteiger partial charge < -0.3 is 4.74 Å². The summed E-state index contributed by atoms with van der Waals surface area (Å²) in [6.45, 7) is 1.29. The molecule has 0 N–H and O–H groups in total. The molecule has 118 valence electrons. The van der Waals surface area contributed by atoms with E-state index in [0.29, 0.717) is 6.07 Å². The van der Waals surface area contributed by atoms with E-state index in [-0.39, 0.29) is 10.1 Å². The van der Waals surface area contributed by atoms with E-state index in [2.05, 4.69) is 37.5 Å². The van der Waals surface area contributed by atoms with Crippen molar-refractivity contribution in [3.8, 4) is 5.75 Å². The van der Waals surface area contributed by atoms with Gasteiger partial charge in [0.15, 0.2) is 17.8 Å². The summed E-state index contributed by atoms with van der Waals surface area (Å²) in [6.07, 6.45) is -9.42. The Balaban J connectivity index is 3.42. The van der Waals surface area contributed by atoms with Crippen molar-refractivity contribution in [1.29, 1.82) is 0 Å². The average molecular weight is 380 g/mol. The maximum atomic E-state index is 12.8. The summed E-state index contributed by atoms with van der Waals surface area (Å²) in [6, 6.07) is 1.28. The summed E-state index contributed by atoms with van der Waals surface area (Å²) in [5.41, 5.74) is -1.93. The van der Waals surface area contributed by atoms with E-state index in [1.807, 2.05) is 0 Å². The summed E-state index contributed by atoms with van der Waals surface area (Å²) < 4.78 is 79.4. The first-order valence-electron chi connectivity index (χ1n) is 5.16. The van der Waals surface area contributed by atoms with Crippen LogP contribution in [0.2, 0.25) is 0 Å². The van der Waals surface area contributed by atoms with Crippen LogP contribution >= 0.6 is 15.9 Å². The van der Waals surface area contributed by atoms with Crippen molar-refractivity contribution in [3.63, 3.8) is 0 Å². The molecule has 0 unspecified atom stereocenters. The molecule has 0 aliphatic heterocycles. The van der Waals surface area contributed by atoms with Crippen LogP contribution in [0.3, 0.4) is 0 Å². The zero-order valence-corrected chi connectivity index (χ0v) is 11.8.